The summed E-state index contributed by atoms with van der Waals surface area (Å²) in [6.45, 7) is 19.9. The quantitative estimate of drug-likeness (QED) is 0.0416. The van der Waals surface area contributed by atoms with Gasteiger partial charge in [-0.25, -0.2) is 24.0 Å². The van der Waals surface area contributed by atoms with Gasteiger partial charge in [0, 0.05) is 80.6 Å². The van der Waals surface area contributed by atoms with Gasteiger partial charge in [0.05, 0.1) is 130 Å². The minimum Gasteiger partial charge on any atom is -0.478 e. The van der Waals surface area contributed by atoms with E-state index >= 15 is 0 Å². The smallest absolute Gasteiger partial charge is 0.415 e. The molecule has 7 atom stereocenters. The topological polar surface area (TPSA) is 353 Å². The van der Waals surface area contributed by atoms with Crippen molar-refractivity contribution in [3.63, 3.8) is 0 Å². The summed E-state index contributed by atoms with van der Waals surface area (Å²) in [5, 5.41) is 48.9. The summed E-state index contributed by atoms with van der Waals surface area (Å²) in [6, 6.07) is 38.7. The van der Waals surface area contributed by atoms with Crippen LogP contribution < -0.4 is 74.1 Å². The highest BCUT2D eigenvalue weighted by molar-refractivity contribution is 6.35. The van der Waals surface area contributed by atoms with E-state index in [2.05, 4.69) is 16.0 Å². The molecule has 0 aromatic heterocycles. The van der Waals surface area contributed by atoms with Crippen molar-refractivity contribution in [2.45, 2.75) is 148 Å². The first kappa shape index (κ1) is 97.4. The number of aliphatic hydroxyl groups excluding tert-OH is 3. The fourth-order valence-corrected chi connectivity index (χ4v) is 13.9. The predicted molar refractivity (Wildman–Crippen MR) is 476 cm³/mol. The lowest BCUT2D eigenvalue weighted by molar-refractivity contribution is -0.144. The molecule has 4 aliphatic rings. The number of nitrogens with one attached hydrogen (secondary N) is 3. The van der Waals surface area contributed by atoms with Crippen LogP contribution in [0.3, 0.4) is 0 Å². The summed E-state index contributed by atoms with van der Waals surface area (Å²) in [4.78, 5) is 115. The van der Waals surface area contributed by atoms with Crippen molar-refractivity contribution in [1.29, 1.82) is 0 Å². The molecular formula is C88H111Cl4N11O20. The Hall–Kier alpha value is -11.1. The van der Waals surface area contributed by atoms with Gasteiger partial charge in [-0.3, -0.25) is 34.0 Å². The highest BCUT2D eigenvalue weighted by Gasteiger charge is 2.43. The third-order valence-corrected chi connectivity index (χ3v) is 19.6. The van der Waals surface area contributed by atoms with Crippen LogP contribution in [-0.2, 0) is 38.1 Å². The fourth-order valence-electron chi connectivity index (χ4n) is 12.6. The van der Waals surface area contributed by atoms with Crippen LogP contribution in [0.25, 0.3) is 0 Å². The number of carboxylic acid groups (broad SMARTS) is 1. The van der Waals surface area contributed by atoms with Crippen molar-refractivity contribution in [3.8, 4) is 23.0 Å². The molecule has 4 aliphatic heterocycles. The first-order valence-corrected chi connectivity index (χ1v) is 40.8. The lowest BCUT2D eigenvalue weighted by Crippen LogP contribution is -2.52. The molecule has 0 fully saturated rings. The van der Waals surface area contributed by atoms with Crippen LogP contribution in [0.2, 0.25) is 20.1 Å². The molecule has 666 valence electrons. The normalized spacial score (nSPS) is 16.4. The molecule has 7 aromatic rings. The summed E-state index contributed by atoms with van der Waals surface area (Å²) in [7, 11) is 14.6. The van der Waals surface area contributed by atoms with Crippen LogP contribution in [-0.4, -0.2) is 218 Å². The zero-order valence-corrected chi connectivity index (χ0v) is 75.7. The van der Waals surface area contributed by atoms with Gasteiger partial charge >= 0.3 is 30.3 Å². The Morgan fingerprint density at radius 2 is 0.553 bits per heavy atom. The minimum atomic E-state index is -1.18. The third kappa shape index (κ3) is 26.5. The van der Waals surface area contributed by atoms with Gasteiger partial charge in [0.1, 0.15) is 45.4 Å². The summed E-state index contributed by atoms with van der Waals surface area (Å²) in [5.74, 6) is -1.26. The molecule has 0 saturated heterocycles. The molecule has 0 bridgehead atoms. The molecule has 123 heavy (non-hydrogen) atoms. The first-order valence-electron chi connectivity index (χ1n) is 39.3. The summed E-state index contributed by atoms with van der Waals surface area (Å²) in [6.07, 6.45) is -6.70. The van der Waals surface area contributed by atoms with E-state index in [9.17, 15) is 58.8 Å². The summed E-state index contributed by atoms with van der Waals surface area (Å²) in [5.41, 5.74) is 3.74. The summed E-state index contributed by atoms with van der Waals surface area (Å²) >= 11 is 25.6. The lowest BCUT2D eigenvalue weighted by atomic mass is 10.1. The molecule has 4 heterocycles. The fraction of sp³-hybridized carbons (Fsp3) is 0.432. The number of aliphatic carboxylic acids is 1. The number of hydrogen-bond donors (Lipinski definition) is 7. The van der Waals surface area contributed by atoms with E-state index in [0.29, 0.717) is 82.8 Å². The van der Waals surface area contributed by atoms with E-state index in [1.165, 1.54) is 19.6 Å². The second-order valence-electron chi connectivity index (χ2n) is 33.8. The average molecular weight is 1780 g/mol. The number of nitrogens with zero attached hydrogens (tertiary/aromatic N) is 8. The first-order chi connectivity index (χ1) is 57.5. The number of anilines is 8. The van der Waals surface area contributed by atoms with Crippen molar-refractivity contribution in [2.24, 2.45) is 0 Å². The lowest BCUT2D eigenvalue weighted by Gasteiger charge is -2.36. The molecule has 7 N–H and O–H groups in total. The van der Waals surface area contributed by atoms with Crippen LogP contribution in [0.5, 0.6) is 23.0 Å². The van der Waals surface area contributed by atoms with E-state index in [1.54, 1.807) is 151 Å². The van der Waals surface area contributed by atoms with Gasteiger partial charge in [-0.2, -0.15) is 0 Å². The van der Waals surface area contributed by atoms with Crippen LogP contribution in [0, 0.1) is 0 Å². The van der Waals surface area contributed by atoms with E-state index in [-0.39, 0.29) is 51.7 Å². The SMILES string of the molecule is CN(C)c1cc2c(cc1Cl)N(C(=O)OC(C)(C)C)CC(C(=O)N[C@H](CO)c1ccccc1)O2.CN(C)c1cc2c(cc1Cl)N(C(=O)OC(C)(C)C)CC(C(=O)N[C@H](CO)c1ccccc1)O2.CN(C)c1cc2c(cc1Cl)N(C(=O)OC(C)(C)C)CC(C(=O)N[C@H](CO)c1ccccc1)O2.CN(C)c1cc2c(cc1Cl)N(C(=O)OC(C)(C)C)CC(C(=O)O)O2. The number of benzene rings is 7. The number of fused-ring (bicyclic) bond motifs is 4. The number of carbonyl (C=O) groups is 8. The van der Waals surface area contributed by atoms with Crippen molar-refractivity contribution < 1.29 is 96.7 Å². The number of carboxylic acids is 1. The van der Waals surface area contributed by atoms with Crippen LogP contribution in [0.4, 0.5) is 64.7 Å². The molecule has 0 aliphatic carbocycles. The number of hydrogen-bond acceptors (Lipinski definition) is 23. The molecule has 4 unspecified atom stereocenters. The molecule has 0 spiro atoms. The minimum absolute atomic E-state index is 0.0711. The molecule has 0 saturated carbocycles. The van der Waals surface area contributed by atoms with Gasteiger partial charge in [0.2, 0.25) is 6.10 Å². The van der Waals surface area contributed by atoms with Gasteiger partial charge in [-0.1, -0.05) is 137 Å². The van der Waals surface area contributed by atoms with Gasteiger partial charge in [-0.15, -0.1) is 0 Å². The zero-order valence-electron chi connectivity index (χ0n) is 72.7. The Morgan fingerprint density at radius 3 is 0.732 bits per heavy atom. The molecular weight excluding hydrogens is 1670 g/mol. The number of carbonyl (C=O) groups excluding carboxylic acids is 7. The maximum atomic E-state index is 13.1. The highest BCUT2D eigenvalue weighted by Crippen LogP contribution is 2.47. The van der Waals surface area contributed by atoms with Crippen molar-refractivity contribution in [1.82, 2.24) is 16.0 Å². The molecule has 7 amide bonds. The number of amides is 7. The van der Waals surface area contributed by atoms with Gasteiger partial charge < -0.3 is 93.9 Å². The number of halogens is 4. The van der Waals surface area contributed by atoms with E-state index < -0.39 is 113 Å². The zero-order chi connectivity index (χ0) is 91.2. The summed E-state index contributed by atoms with van der Waals surface area (Å²) < 4.78 is 45.6. The molecule has 35 heteroatoms. The average Bonchev–Trinajstić information content (AvgIpc) is 0.793. The Labute approximate surface area is 737 Å². The van der Waals surface area contributed by atoms with Gasteiger partial charge in [0.25, 0.3) is 17.7 Å². The van der Waals surface area contributed by atoms with E-state index in [1.807, 2.05) is 148 Å². The molecule has 7 aromatic carbocycles. The predicted octanol–water partition coefficient (Wildman–Crippen LogP) is 14.3. The monoisotopic (exact) mass is 1780 g/mol. The maximum absolute atomic E-state index is 13.1. The maximum Gasteiger partial charge on any atom is 0.415 e. The molecule has 0 radical (unpaired) electrons. The van der Waals surface area contributed by atoms with E-state index in [0.717, 1.165) is 16.7 Å². The van der Waals surface area contributed by atoms with Crippen molar-refractivity contribution in [2.75, 3.05) is 142 Å². The number of ether oxygens (including phenoxy) is 8. The second-order valence-corrected chi connectivity index (χ2v) is 35.4. The van der Waals surface area contributed by atoms with E-state index in [4.69, 9.17) is 84.3 Å². The van der Waals surface area contributed by atoms with Crippen molar-refractivity contribution in [3.05, 3.63) is 176 Å². The van der Waals surface area contributed by atoms with Crippen LogP contribution >= 0.6 is 46.4 Å². The van der Waals surface area contributed by atoms with Crippen molar-refractivity contribution >= 4 is 140 Å². The third-order valence-electron chi connectivity index (χ3n) is 18.4. The highest BCUT2D eigenvalue weighted by atomic mass is 35.5. The Kier molecular flexibility index (Phi) is 32.8. The number of rotatable bonds is 17. The second kappa shape index (κ2) is 41.4. The van der Waals surface area contributed by atoms with Gasteiger partial charge in [-0.05, 0) is 124 Å². The Morgan fingerprint density at radius 1 is 0.358 bits per heavy atom. The standard InChI is InChI=1S/3C24H30ClN3O5.C16H21ClN2O5/c3*1-24(2,3)33-23(31)28-13-21(22(30)26-17(14-29)15-9-7-6-8-10-15)32-20-12-18(27(4)5)16(25)11-19(20)28;1-16(2,3)24-15(22)19-8-13(14(20)21)23-12-7-10(18(4)5)9(17)6-11(12)19/h3*6-12,17,21,29H,13-14H2,1-5H3,(H,26,30);6-7,13H,8H2,1-5H3,(H,20,21)/t3*17-,21?;/m111./s1. The van der Waals surface area contributed by atoms with Gasteiger partial charge in [0.15, 0.2) is 18.3 Å². The molecule has 11 rings (SSSR count). The Bertz CT molecular complexity index is 4500. The number of aliphatic hydroxyl groups is 3. The van der Waals surface area contributed by atoms with Crippen LogP contribution in [0.15, 0.2) is 140 Å². The Balaban J connectivity index is 0.000000205. The molecule has 31 nitrogen and oxygen atoms in total. The van der Waals surface area contributed by atoms with Crippen LogP contribution in [0.1, 0.15) is 118 Å². The largest absolute Gasteiger partial charge is 0.478 e.